The van der Waals surface area contributed by atoms with E-state index in [0.717, 1.165) is 22.8 Å². The number of methoxy groups -OCH3 is 2. The van der Waals surface area contributed by atoms with E-state index in [2.05, 4.69) is 18.2 Å². The summed E-state index contributed by atoms with van der Waals surface area (Å²) in [5.74, 6) is 1.97. The van der Waals surface area contributed by atoms with Gasteiger partial charge in [0.15, 0.2) is 0 Å². The molecule has 0 aliphatic heterocycles. The average Bonchev–Trinajstić information content (AvgIpc) is 2.64. The van der Waals surface area contributed by atoms with Crippen molar-refractivity contribution >= 4 is 13.2 Å². The maximum atomic E-state index is 5.79. The summed E-state index contributed by atoms with van der Waals surface area (Å²) in [7, 11) is 3.43. The third-order valence-electron chi connectivity index (χ3n) is 5.60. The summed E-state index contributed by atoms with van der Waals surface area (Å²) < 4.78 is 11.2. The lowest BCUT2D eigenvalue weighted by Crippen LogP contribution is -2.27. The summed E-state index contributed by atoms with van der Waals surface area (Å²) in [6, 6.07) is 6.54. The highest BCUT2D eigenvalue weighted by molar-refractivity contribution is 7.67. The predicted octanol–water partition coefficient (Wildman–Crippen LogP) is 5.48. The Morgan fingerprint density at radius 3 is 1.83 bits per heavy atom. The second-order valence-corrected chi connectivity index (χ2v) is 9.79. The molecule has 1 aromatic carbocycles. The van der Waals surface area contributed by atoms with Crippen LogP contribution in [0.4, 0.5) is 0 Å². The largest absolute Gasteiger partial charge is 0.497 e. The molecule has 3 rings (SSSR count). The topological polar surface area (TPSA) is 18.5 Å². The van der Waals surface area contributed by atoms with Crippen molar-refractivity contribution in [3.8, 4) is 11.5 Å². The molecule has 0 radical (unpaired) electrons. The summed E-state index contributed by atoms with van der Waals surface area (Å²) in [5, 5.41) is 1.50. The Morgan fingerprint density at radius 1 is 0.783 bits per heavy atom. The minimum atomic E-state index is -0.117. The van der Waals surface area contributed by atoms with E-state index in [0.29, 0.717) is 0 Å². The fourth-order valence-electron chi connectivity index (χ4n) is 4.41. The van der Waals surface area contributed by atoms with Crippen molar-refractivity contribution in [3.63, 3.8) is 0 Å². The molecule has 2 nitrogen and oxygen atoms in total. The molecule has 0 amide bonds. The fourth-order valence-corrected chi connectivity index (χ4v) is 8.29. The van der Waals surface area contributed by atoms with Crippen molar-refractivity contribution in [1.82, 2.24) is 0 Å². The van der Waals surface area contributed by atoms with Crippen molar-refractivity contribution in [1.29, 1.82) is 0 Å². The Bertz CT molecular complexity index is 472. The average molecular weight is 334 g/mol. The van der Waals surface area contributed by atoms with Gasteiger partial charge < -0.3 is 9.47 Å². The zero-order chi connectivity index (χ0) is 16.1. The molecule has 23 heavy (non-hydrogen) atoms. The molecule has 1 aromatic rings. The van der Waals surface area contributed by atoms with Crippen LogP contribution in [-0.2, 0) is 0 Å². The molecule has 2 fully saturated rings. The molecule has 2 aliphatic carbocycles. The molecule has 3 heteroatoms. The van der Waals surface area contributed by atoms with Gasteiger partial charge in [0.25, 0.3) is 0 Å². The van der Waals surface area contributed by atoms with Gasteiger partial charge >= 0.3 is 0 Å². The van der Waals surface area contributed by atoms with E-state index in [1.54, 1.807) is 7.11 Å². The molecular weight excluding hydrogens is 303 g/mol. The Balaban J connectivity index is 1.92. The van der Waals surface area contributed by atoms with Crippen molar-refractivity contribution < 1.29 is 9.47 Å². The number of hydrogen-bond donors (Lipinski definition) is 0. The van der Waals surface area contributed by atoms with Crippen LogP contribution in [0.25, 0.3) is 0 Å². The van der Waals surface area contributed by atoms with Crippen LogP contribution in [0.5, 0.6) is 11.5 Å². The van der Waals surface area contributed by atoms with Crippen molar-refractivity contribution in [2.75, 3.05) is 14.2 Å². The lowest BCUT2D eigenvalue weighted by Gasteiger charge is -2.39. The van der Waals surface area contributed by atoms with Crippen molar-refractivity contribution in [3.05, 3.63) is 18.2 Å². The first-order chi connectivity index (χ1) is 11.3. The molecule has 0 spiro atoms. The molecule has 0 unspecified atom stereocenters. The number of ether oxygens (including phenoxy) is 2. The van der Waals surface area contributed by atoms with Gasteiger partial charge in [0, 0.05) is 11.4 Å². The smallest absolute Gasteiger partial charge is 0.130 e. The van der Waals surface area contributed by atoms with E-state index >= 15 is 0 Å². The quantitative estimate of drug-likeness (QED) is 0.664. The summed E-state index contributed by atoms with van der Waals surface area (Å²) in [6.07, 6.45) is 14.3. The molecule has 0 aromatic heterocycles. The Labute approximate surface area is 142 Å². The second-order valence-electron chi connectivity index (χ2n) is 7.03. The van der Waals surface area contributed by atoms with Crippen LogP contribution in [0.1, 0.15) is 64.2 Å². The van der Waals surface area contributed by atoms with E-state index in [9.17, 15) is 0 Å². The monoisotopic (exact) mass is 334 g/mol. The van der Waals surface area contributed by atoms with Gasteiger partial charge in [-0.05, 0) is 49.1 Å². The summed E-state index contributed by atoms with van der Waals surface area (Å²) in [6.45, 7) is 0. The third kappa shape index (κ3) is 4.02. The van der Waals surface area contributed by atoms with Crippen LogP contribution in [0.15, 0.2) is 18.2 Å². The first kappa shape index (κ1) is 17.1. The van der Waals surface area contributed by atoms with E-state index in [1.807, 2.05) is 7.11 Å². The van der Waals surface area contributed by atoms with Gasteiger partial charge in [-0.1, -0.05) is 46.4 Å². The number of benzene rings is 1. The molecule has 2 aliphatic rings. The van der Waals surface area contributed by atoms with Crippen LogP contribution < -0.4 is 14.8 Å². The fraction of sp³-hybridized carbons (Fsp3) is 0.700. The molecule has 2 saturated carbocycles. The van der Waals surface area contributed by atoms with Crippen LogP contribution in [-0.4, -0.2) is 25.5 Å². The summed E-state index contributed by atoms with van der Waals surface area (Å²) >= 11 is 0. The lowest BCUT2D eigenvalue weighted by molar-refractivity contribution is 0.396. The Morgan fingerprint density at radius 2 is 1.35 bits per heavy atom. The van der Waals surface area contributed by atoms with Crippen molar-refractivity contribution in [2.24, 2.45) is 0 Å². The molecule has 0 atom stereocenters. The highest BCUT2D eigenvalue weighted by Crippen LogP contribution is 2.56. The molecule has 0 N–H and O–H groups in total. The van der Waals surface area contributed by atoms with Crippen LogP contribution >= 0.6 is 7.92 Å². The molecule has 128 valence electrons. The van der Waals surface area contributed by atoms with Gasteiger partial charge in [0.2, 0.25) is 0 Å². The minimum Gasteiger partial charge on any atom is -0.497 e. The Kier molecular flexibility index (Phi) is 6.22. The molecule has 0 heterocycles. The maximum Gasteiger partial charge on any atom is 0.130 e. The highest BCUT2D eigenvalue weighted by atomic mass is 31.1. The Hall–Kier alpha value is -0.750. The van der Waals surface area contributed by atoms with E-state index in [4.69, 9.17) is 9.47 Å². The van der Waals surface area contributed by atoms with E-state index in [-0.39, 0.29) is 7.92 Å². The standard InChI is InChI=1S/C20H31O2P/c1-21-16-13-14-20(19(15-16)22-2)23(17-9-5-3-6-10-17)18-11-7-4-8-12-18/h13-15,17-18H,3-12H2,1-2H3. The number of hydrogen-bond acceptors (Lipinski definition) is 2. The number of rotatable bonds is 5. The van der Waals surface area contributed by atoms with E-state index in [1.165, 1.54) is 69.5 Å². The zero-order valence-corrected chi connectivity index (χ0v) is 15.6. The summed E-state index contributed by atoms with van der Waals surface area (Å²) in [5.41, 5.74) is 1.81. The zero-order valence-electron chi connectivity index (χ0n) is 14.7. The van der Waals surface area contributed by atoms with E-state index < -0.39 is 0 Å². The van der Waals surface area contributed by atoms with Crippen LogP contribution in [0.2, 0.25) is 0 Å². The van der Waals surface area contributed by atoms with Gasteiger partial charge in [-0.25, -0.2) is 0 Å². The maximum absolute atomic E-state index is 5.79. The SMILES string of the molecule is COc1ccc(P(C2CCCCC2)C2CCCCC2)c(OC)c1. The van der Waals surface area contributed by atoms with Gasteiger partial charge in [-0.2, -0.15) is 0 Å². The first-order valence-electron chi connectivity index (χ1n) is 9.34. The normalized spacial score (nSPS) is 20.7. The first-order valence-corrected chi connectivity index (χ1v) is 10.8. The molecule has 0 bridgehead atoms. The minimum absolute atomic E-state index is 0.117. The van der Waals surface area contributed by atoms with Crippen LogP contribution in [0.3, 0.4) is 0 Å². The predicted molar refractivity (Wildman–Crippen MR) is 99.8 cm³/mol. The second kappa shape index (κ2) is 8.38. The van der Waals surface area contributed by atoms with Gasteiger partial charge in [-0.3, -0.25) is 0 Å². The van der Waals surface area contributed by atoms with Crippen LogP contribution in [0, 0.1) is 0 Å². The summed E-state index contributed by atoms with van der Waals surface area (Å²) in [4.78, 5) is 0. The molecule has 0 saturated heterocycles. The third-order valence-corrected chi connectivity index (χ3v) is 9.13. The van der Waals surface area contributed by atoms with Gasteiger partial charge in [0.05, 0.1) is 14.2 Å². The van der Waals surface area contributed by atoms with Crippen molar-refractivity contribution in [2.45, 2.75) is 75.5 Å². The highest BCUT2D eigenvalue weighted by Gasteiger charge is 2.33. The molecular formula is C20H31O2P. The van der Waals surface area contributed by atoms with Gasteiger partial charge in [-0.15, -0.1) is 0 Å². The van der Waals surface area contributed by atoms with Gasteiger partial charge in [0.1, 0.15) is 11.5 Å². The lowest BCUT2D eigenvalue weighted by atomic mass is 9.99.